The molecule has 2 aromatic rings. The van der Waals surface area contributed by atoms with Gasteiger partial charge >= 0.3 is 0 Å². The fourth-order valence-electron chi connectivity index (χ4n) is 8.39. The van der Waals surface area contributed by atoms with Crippen molar-refractivity contribution in [2.75, 3.05) is 41.9 Å². The maximum absolute atomic E-state index is 14.4. The number of Topliss-reactive ketones (excluding diaryl/α,β-unsaturated/α-hetero) is 1. The van der Waals surface area contributed by atoms with E-state index in [1.165, 1.54) is 12.0 Å². The number of H-pyrrole nitrogens is 1. The van der Waals surface area contributed by atoms with Gasteiger partial charge < -0.3 is 24.6 Å². The van der Waals surface area contributed by atoms with Gasteiger partial charge in [-0.25, -0.2) is 0 Å². The van der Waals surface area contributed by atoms with Crippen LogP contribution in [0.2, 0.25) is 0 Å². The second-order valence-electron chi connectivity index (χ2n) is 16.0. The topological polar surface area (TPSA) is 212 Å². The Morgan fingerprint density at radius 1 is 1.05 bits per heavy atom. The predicted molar refractivity (Wildman–Crippen MR) is 216 cm³/mol. The SMILES string of the molecule is CC[C@H](C)[C@@H]([C@@H](CC(=O)N1CCC[C@H]1[C@H](OC)[C@@H](C)C(=O)C[C@@H](Cc1ccccc1)c1nn[nH]n1)OC)N(C)C(=O)[C@@H](NC(=O)[C@H](C(C)C)N(C)C)[C@H](C)N=[N+]=[N-]. The number of hydrogen-bond donors (Lipinski definition) is 2. The molecule has 316 valence electrons. The summed E-state index contributed by atoms with van der Waals surface area (Å²) < 4.78 is 12.0. The Labute approximate surface area is 337 Å². The van der Waals surface area contributed by atoms with Crippen molar-refractivity contribution in [1.29, 1.82) is 0 Å². The van der Waals surface area contributed by atoms with Gasteiger partial charge in [-0.3, -0.25) is 24.1 Å². The van der Waals surface area contributed by atoms with Crippen LogP contribution in [-0.4, -0.2) is 143 Å². The van der Waals surface area contributed by atoms with E-state index in [4.69, 9.17) is 9.47 Å². The summed E-state index contributed by atoms with van der Waals surface area (Å²) in [6.45, 7) is 11.8. The van der Waals surface area contributed by atoms with Gasteiger partial charge in [0.2, 0.25) is 17.7 Å². The van der Waals surface area contributed by atoms with Gasteiger partial charge in [0.1, 0.15) is 11.8 Å². The van der Waals surface area contributed by atoms with E-state index < -0.39 is 48.2 Å². The molecular formula is C40H65N11O6. The highest BCUT2D eigenvalue weighted by Crippen LogP contribution is 2.32. The van der Waals surface area contributed by atoms with E-state index in [-0.39, 0.29) is 54.2 Å². The normalized spacial score (nSPS) is 19.1. The number of likely N-dealkylation sites (N-methyl/N-ethyl adjacent to an activating group) is 2. The number of amides is 3. The highest BCUT2D eigenvalue weighted by Gasteiger charge is 2.43. The Morgan fingerprint density at radius 3 is 2.28 bits per heavy atom. The van der Waals surface area contributed by atoms with Crippen molar-refractivity contribution in [1.82, 2.24) is 40.6 Å². The Hall–Kier alpha value is -4.44. The van der Waals surface area contributed by atoms with Crippen molar-refractivity contribution in [2.24, 2.45) is 22.9 Å². The van der Waals surface area contributed by atoms with Crippen molar-refractivity contribution >= 4 is 23.5 Å². The molecule has 0 saturated carbocycles. The second-order valence-corrected chi connectivity index (χ2v) is 16.0. The Balaban J connectivity index is 1.83. The molecule has 0 radical (unpaired) electrons. The number of carbonyl (C=O) groups excluding carboxylic acids is 4. The predicted octanol–water partition coefficient (Wildman–Crippen LogP) is 4.18. The maximum Gasteiger partial charge on any atom is 0.245 e. The van der Waals surface area contributed by atoms with Crippen molar-refractivity contribution in [2.45, 2.75) is 128 Å². The van der Waals surface area contributed by atoms with Crippen LogP contribution in [0.25, 0.3) is 10.4 Å². The van der Waals surface area contributed by atoms with Gasteiger partial charge in [0.25, 0.3) is 0 Å². The first-order chi connectivity index (χ1) is 27.1. The maximum atomic E-state index is 14.4. The van der Waals surface area contributed by atoms with Crippen LogP contribution in [-0.2, 0) is 35.1 Å². The lowest BCUT2D eigenvalue weighted by Gasteiger charge is -2.41. The van der Waals surface area contributed by atoms with Gasteiger partial charge in [0, 0.05) is 51.0 Å². The average molecular weight is 796 g/mol. The van der Waals surface area contributed by atoms with Crippen LogP contribution < -0.4 is 5.32 Å². The van der Waals surface area contributed by atoms with Crippen molar-refractivity contribution < 1.29 is 28.7 Å². The van der Waals surface area contributed by atoms with E-state index in [1.807, 2.05) is 65.0 Å². The van der Waals surface area contributed by atoms with Crippen LogP contribution in [0.3, 0.4) is 0 Å². The molecule has 1 aliphatic rings. The van der Waals surface area contributed by atoms with Gasteiger partial charge in [-0.15, -0.1) is 10.2 Å². The molecule has 17 heteroatoms. The van der Waals surface area contributed by atoms with Crippen LogP contribution in [0, 0.1) is 17.8 Å². The molecule has 2 heterocycles. The first-order valence-corrected chi connectivity index (χ1v) is 20.0. The number of benzene rings is 1. The summed E-state index contributed by atoms with van der Waals surface area (Å²) in [5.74, 6) is -1.56. The number of ketones is 1. The van der Waals surface area contributed by atoms with Crippen LogP contribution in [0.4, 0.5) is 0 Å². The number of methoxy groups -OCH3 is 2. The quantitative estimate of drug-likeness (QED) is 0.0931. The smallest absolute Gasteiger partial charge is 0.245 e. The molecule has 0 aliphatic carbocycles. The molecule has 1 aromatic heterocycles. The van der Waals surface area contributed by atoms with Crippen LogP contribution in [0.1, 0.15) is 91.0 Å². The van der Waals surface area contributed by atoms with Gasteiger partial charge in [0.05, 0.1) is 42.8 Å². The minimum atomic E-state index is -1.16. The van der Waals surface area contributed by atoms with E-state index in [2.05, 4.69) is 36.0 Å². The number of hydrogen-bond acceptors (Lipinski definition) is 11. The summed E-state index contributed by atoms with van der Waals surface area (Å²) in [7, 11) is 8.32. The third-order valence-electron chi connectivity index (χ3n) is 11.6. The summed E-state index contributed by atoms with van der Waals surface area (Å²) in [4.78, 5) is 64.2. The molecule has 17 nitrogen and oxygen atoms in total. The molecule has 3 rings (SSSR count). The summed E-state index contributed by atoms with van der Waals surface area (Å²) in [6, 6.07) is 6.34. The lowest BCUT2D eigenvalue weighted by molar-refractivity contribution is -0.147. The highest BCUT2D eigenvalue weighted by molar-refractivity contribution is 5.90. The largest absolute Gasteiger partial charge is 0.379 e. The fourth-order valence-corrected chi connectivity index (χ4v) is 8.39. The molecule has 2 N–H and O–H groups in total. The second kappa shape index (κ2) is 22.5. The molecule has 1 aromatic carbocycles. The third kappa shape index (κ3) is 12.3. The summed E-state index contributed by atoms with van der Waals surface area (Å²) in [5, 5.41) is 21.3. The van der Waals surface area contributed by atoms with E-state index >= 15 is 0 Å². The molecule has 0 unspecified atom stereocenters. The number of ether oxygens (including phenoxy) is 2. The van der Waals surface area contributed by atoms with Crippen molar-refractivity contribution in [3.63, 3.8) is 0 Å². The fraction of sp³-hybridized carbons (Fsp3) is 0.725. The van der Waals surface area contributed by atoms with Crippen LogP contribution in [0.15, 0.2) is 35.4 Å². The number of tetrazole rings is 1. The number of aromatic amines is 1. The number of rotatable bonds is 23. The van der Waals surface area contributed by atoms with Gasteiger partial charge in [-0.1, -0.05) is 88.6 Å². The van der Waals surface area contributed by atoms with Gasteiger partial charge in [0.15, 0.2) is 5.82 Å². The molecule has 1 fully saturated rings. The van der Waals surface area contributed by atoms with Gasteiger partial charge in [-0.05, 0) is 56.3 Å². The lowest BCUT2D eigenvalue weighted by Crippen LogP contribution is -2.60. The standard InChI is InChI=1S/C40H65N11O6/c1-12-25(4)36(50(9)40(55)34(27(6)43-46-41)42-39(54)35(24(2)3)49(7)8)32(56-10)23-33(53)51-20-16-19-30(51)37(57-11)26(5)31(52)22-29(38-44-47-48-45-38)21-28-17-14-13-15-18-28/h13-15,17-18,24-27,29-30,32,34-37H,12,16,19-23H2,1-11H3,(H,42,54)(H,44,45,47,48)/t25-,26-,27-,29+,30-,32+,34-,35-,36-,37+/m0/s1. The van der Waals surface area contributed by atoms with E-state index in [0.29, 0.717) is 31.6 Å². The number of nitrogens with one attached hydrogen (secondary N) is 2. The lowest BCUT2D eigenvalue weighted by atomic mass is 9.85. The summed E-state index contributed by atoms with van der Waals surface area (Å²) in [6.07, 6.45) is 1.49. The number of nitrogens with zero attached hydrogens (tertiary/aromatic N) is 9. The number of aromatic nitrogens is 4. The number of azide groups is 1. The first kappa shape index (κ1) is 46.9. The molecule has 57 heavy (non-hydrogen) atoms. The Morgan fingerprint density at radius 2 is 1.74 bits per heavy atom. The zero-order valence-electron chi connectivity index (χ0n) is 35.7. The highest BCUT2D eigenvalue weighted by atomic mass is 16.5. The molecule has 0 spiro atoms. The minimum absolute atomic E-state index is 0.0273. The van der Waals surface area contributed by atoms with E-state index in [0.717, 1.165) is 12.0 Å². The van der Waals surface area contributed by atoms with Crippen LogP contribution >= 0.6 is 0 Å². The first-order valence-electron chi connectivity index (χ1n) is 20.0. The third-order valence-corrected chi connectivity index (χ3v) is 11.6. The molecule has 10 atom stereocenters. The van der Waals surface area contributed by atoms with Crippen LogP contribution in [0.5, 0.6) is 0 Å². The van der Waals surface area contributed by atoms with E-state index in [1.54, 1.807) is 45.0 Å². The molecular weight excluding hydrogens is 731 g/mol. The molecule has 1 saturated heterocycles. The molecule has 3 amide bonds. The Kier molecular flexibility index (Phi) is 18.5. The van der Waals surface area contributed by atoms with Gasteiger partial charge in [-0.2, -0.15) is 5.21 Å². The zero-order valence-corrected chi connectivity index (χ0v) is 35.7. The number of likely N-dealkylation sites (tertiary alicyclic amines) is 1. The monoisotopic (exact) mass is 796 g/mol. The summed E-state index contributed by atoms with van der Waals surface area (Å²) in [5.41, 5.74) is 10.3. The van der Waals surface area contributed by atoms with Crippen molar-refractivity contribution in [3.8, 4) is 0 Å². The molecule has 0 bridgehead atoms. The van der Waals surface area contributed by atoms with Crippen molar-refractivity contribution in [3.05, 3.63) is 52.2 Å². The number of carbonyl (C=O) groups is 4. The molecule has 1 aliphatic heterocycles. The Bertz CT molecular complexity index is 1610. The van der Waals surface area contributed by atoms with E-state index in [9.17, 15) is 24.7 Å². The zero-order chi connectivity index (χ0) is 42.4. The minimum Gasteiger partial charge on any atom is -0.379 e. The summed E-state index contributed by atoms with van der Waals surface area (Å²) >= 11 is 0. The average Bonchev–Trinajstić information content (AvgIpc) is 3.90.